The van der Waals surface area contributed by atoms with E-state index in [1.54, 1.807) is 11.8 Å². The maximum atomic E-state index is 5.88. The number of rotatable bonds is 3. The van der Waals surface area contributed by atoms with Gasteiger partial charge in [0.1, 0.15) is 0 Å². The monoisotopic (exact) mass is 263 g/mol. The van der Waals surface area contributed by atoms with Gasteiger partial charge in [-0.2, -0.15) is 0 Å². The Morgan fingerprint density at radius 1 is 1.35 bits per heavy atom. The van der Waals surface area contributed by atoms with Crippen LogP contribution in [0.15, 0.2) is 53.5 Å². The van der Waals surface area contributed by atoms with Gasteiger partial charge in [-0.15, -0.1) is 11.8 Å². The minimum Gasteiger partial charge on any atom is -0.326 e. The maximum Gasteiger partial charge on any atom is 0.0406 e. The quantitative estimate of drug-likeness (QED) is 0.896. The van der Waals surface area contributed by atoms with Gasteiger partial charge in [-0.25, -0.2) is 0 Å². The smallest absolute Gasteiger partial charge is 0.0406 e. The summed E-state index contributed by atoms with van der Waals surface area (Å²) in [6, 6.07) is 7.72. The van der Waals surface area contributed by atoms with Crippen LogP contribution >= 0.6 is 23.4 Å². The molecule has 1 aliphatic heterocycles. The molecule has 17 heavy (non-hydrogen) atoms. The summed E-state index contributed by atoms with van der Waals surface area (Å²) in [6.07, 6.45) is 0. The molecule has 2 N–H and O–H groups in total. The number of hydrogen-bond donors (Lipinski definition) is 1. The SMILES string of the molecule is C=C1SCC(C(=C)c2ccc(Cl)cc2)=C1CN. The first-order valence-electron chi connectivity index (χ1n) is 5.33. The molecule has 3 heteroatoms. The van der Waals surface area contributed by atoms with Crippen LogP contribution in [0.3, 0.4) is 0 Å². The molecular weight excluding hydrogens is 250 g/mol. The number of thioether (sulfide) groups is 1. The van der Waals surface area contributed by atoms with E-state index in [-0.39, 0.29) is 0 Å². The Bertz CT molecular complexity index is 499. The zero-order valence-corrected chi connectivity index (χ0v) is 11.1. The predicted molar refractivity (Wildman–Crippen MR) is 78.2 cm³/mol. The second kappa shape index (κ2) is 5.13. The lowest BCUT2D eigenvalue weighted by molar-refractivity contribution is 1.17. The largest absolute Gasteiger partial charge is 0.326 e. The number of benzene rings is 1. The van der Waals surface area contributed by atoms with Gasteiger partial charge < -0.3 is 5.73 Å². The van der Waals surface area contributed by atoms with Crippen molar-refractivity contribution in [2.24, 2.45) is 5.73 Å². The molecule has 1 nitrogen and oxygen atoms in total. The Kier molecular flexibility index (Phi) is 3.77. The molecule has 2 rings (SSSR count). The first-order valence-corrected chi connectivity index (χ1v) is 6.69. The third-order valence-electron chi connectivity index (χ3n) is 2.85. The van der Waals surface area contributed by atoms with Crippen molar-refractivity contribution in [1.82, 2.24) is 0 Å². The van der Waals surface area contributed by atoms with Crippen LogP contribution in [0.2, 0.25) is 5.02 Å². The van der Waals surface area contributed by atoms with Crippen LogP contribution in [0.1, 0.15) is 5.56 Å². The van der Waals surface area contributed by atoms with Gasteiger partial charge in [0.05, 0.1) is 0 Å². The summed E-state index contributed by atoms with van der Waals surface area (Å²) in [6.45, 7) is 8.69. The molecule has 0 spiro atoms. The van der Waals surface area contributed by atoms with Crippen molar-refractivity contribution in [3.63, 3.8) is 0 Å². The van der Waals surface area contributed by atoms with Crippen LogP contribution in [-0.4, -0.2) is 12.3 Å². The summed E-state index contributed by atoms with van der Waals surface area (Å²) in [7, 11) is 0. The lowest BCUT2D eigenvalue weighted by Crippen LogP contribution is -2.04. The summed E-state index contributed by atoms with van der Waals surface area (Å²) < 4.78 is 0. The predicted octanol–water partition coefficient (Wildman–Crippen LogP) is 3.87. The van der Waals surface area contributed by atoms with Crippen molar-refractivity contribution in [1.29, 1.82) is 0 Å². The summed E-state index contributed by atoms with van der Waals surface area (Å²) in [4.78, 5) is 1.07. The van der Waals surface area contributed by atoms with Gasteiger partial charge in [-0.3, -0.25) is 0 Å². The molecule has 0 unspecified atom stereocenters. The standard InChI is InChI=1S/C14H14ClNS/c1-9(11-3-5-12(15)6-4-11)14-8-17-10(2)13(14)7-16/h3-6H,1-2,7-8,16H2. The summed E-state index contributed by atoms with van der Waals surface area (Å²) in [5.41, 5.74) is 10.2. The lowest BCUT2D eigenvalue weighted by Gasteiger charge is -2.09. The minimum absolute atomic E-state index is 0.522. The zero-order valence-electron chi connectivity index (χ0n) is 9.50. The van der Waals surface area contributed by atoms with Crippen LogP contribution in [0, 0.1) is 0 Å². The highest BCUT2D eigenvalue weighted by molar-refractivity contribution is 8.03. The molecule has 0 saturated heterocycles. The molecule has 0 fully saturated rings. The number of hydrogen-bond acceptors (Lipinski definition) is 2. The van der Waals surface area contributed by atoms with Crippen molar-refractivity contribution < 1.29 is 0 Å². The zero-order chi connectivity index (χ0) is 12.4. The molecule has 0 atom stereocenters. The molecule has 0 amide bonds. The Morgan fingerprint density at radius 2 is 2.00 bits per heavy atom. The van der Waals surface area contributed by atoms with E-state index in [4.69, 9.17) is 17.3 Å². The van der Waals surface area contributed by atoms with Crippen LogP contribution in [0.4, 0.5) is 0 Å². The molecule has 1 heterocycles. The van der Waals surface area contributed by atoms with Crippen molar-refractivity contribution in [2.75, 3.05) is 12.3 Å². The minimum atomic E-state index is 0.522. The molecular formula is C14H14ClNS. The molecule has 0 saturated carbocycles. The van der Waals surface area contributed by atoms with E-state index in [9.17, 15) is 0 Å². The van der Waals surface area contributed by atoms with E-state index in [0.29, 0.717) is 6.54 Å². The number of allylic oxidation sites excluding steroid dienone is 1. The molecule has 1 aromatic carbocycles. The van der Waals surface area contributed by atoms with E-state index in [0.717, 1.165) is 32.4 Å². The first-order chi connectivity index (χ1) is 8.13. The fraction of sp³-hybridized carbons (Fsp3) is 0.143. The molecule has 1 aliphatic rings. The number of halogens is 1. The second-order valence-corrected chi connectivity index (χ2v) is 5.37. The highest BCUT2D eigenvalue weighted by Gasteiger charge is 2.20. The summed E-state index contributed by atoms with van der Waals surface area (Å²) in [5.74, 6) is 0.910. The van der Waals surface area contributed by atoms with Crippen molar-refractivity contribution in [3.05, 3.63) is 64.1 Å². The fourth-order valence-electron chi connectivity index (χ4n) is 1.83. The van der Waals surface area contributed by atoms with Crippen molar-refractivity contribution >= 4 is 28.9 Å². The van der Waals surface area contributed by atoms with Crippen molar-refractivity contribution in [2.45, 2.75) is 0 Å². The lowest BCUT2D eigenvalue weighted by atomic mass is 9.96. The van der Waals surface area contributed by atoms with Crippen molar-refractivity contribution in [3.8, 4) is 0 Å². The van der Waals surface area contributed by atoms with E-state index >= 15 is 0 Å². The Labute approximate surface area is 111 Å². The third-order valence-corrected chi connectivity index (χ3v) is 4.13. The molecule has 0 aliphatic carbocycles. The average molecular weight is 264 g/mol. The van der Waals surface area contributed by atoms with E-state index < -0.39 is 0 Å². The van der Waals surface area contributed by atoms with Gasteiger partial charge >= 0.3 is 0 Å². The topological polar surface area (TPSA) is 26.0 Å². The summed E-state index contributed by atoms with van der Waals surface area (Å²) >= 11 is 7.60. The highest BCUT2D eigenvalue weighted by Crippen LogP contribution is 2.40. The second-order valence-electron chi connectivity index (χ2n) is 3.86. The van der Waals surface area contributed by atoms with E-state index in [2.05, 4.69) is 13.2 Å². The van der Waals surface area contributed by atoms with Gasteiger partial charge in [0.2, 0.25) is 0 Å². The Morgan fingerprint density at radius 3 is 2.59 bits per heavy atom. The fourth-order valence-corrected chi connectivity index (χ4v) is 3.01. The van der Waals surface area contributed by atoms with Crippen LogP contribution in [0.25, 0.3) is 5.57 Å². The third kappa shape index (κ3) is 2.49. The molecule has 0 aromatic heterocycles. The highest BCUT2D eigenvalue weighted by atomic mass is 35.5. The van der Waals surface area contributed by atoms with E-state index in [1.807, 2.05) is 24.3 Å². The molecule has 0 radical (unpaired) electrons. The first kappa shape index (κ1) is 12.5. The van der Waals surface area contributed by atoms with Crippen LogP contribution in [0.5, 0.6) is 0 Å². The average Bonchev–Trinajstić information content (AvgIpc) is 2.70. The molecule has 1 aromatic rings. The van der Waals surface area contributed by atoms with Gasteiger partial charge in [0.15, 0.2) is 0 Å². The number of nitrogens with two attached hydrogens (primary N) is 1. The summed E-state index contributed by atoms with van der Waals surface area (Å²) in [5, 5.41) is 0.736. The van der Waals surface area contributed by atoms with E-state index in [1.165, 1.54) is 5.57 Å². The normalized spacial score (nSPS) is 15.5. The molecule has 0 bridgehead atoms. The Balaban J connectivity index is 2.35. The maximum absolute atomic E-state index is 5.88. The van der Waals surface area contributed by atoms with Gasteiger partial charge in [0, 0.05) is 22.2 Å². The van der Waals surface area contributed by atoms with Crippen LogP contribution < -0.4 is 5.73 Å². The van der Waals surface area contributed by atoms with Gasteiger partial charge in [-0.05, 0) is 34.4 Å². The molecule has 88 valence electrons. The van der Waals surface area contributed by atoms with Gasteiger partial charge in [0.25, 0.3) is 0 Å². The van der Waals surface area contributed by atoms with Crippen LogP contribution in [-0.2, 0) is 0 Å². The Hall–Kier alpha value is -0.960. The van der Waals surface area contributed by atoms with Gasteiger partial charge in [-0.1, -0.05) is 36.9 Å².